The number of carbonyl (C=O) groups excluding carboxylic acids is 1. The fourth-order valence-corrected chi connectivity index (χ4v) is 2.08. The van der Waals surface area contributed by atoms with Gasteiger partial charge in [-0.2, -0.15) is 0 Å². The number of carbonyl (C=O) groups is 2. The second kappa shape index (κ2) is 6.01. The molecule has 0 bridgehead atoms. The predicted molar refractivity (Wildman–Crippen MR) is 62.8 cm³/mol. The highest BCUT2D eigenvalue weighted by atomic mass is 32.2. The normalized spacial score (nSPS) is 9.83. The van der Waals surface area contributed by atoms with E-state index in [0.29, 0.717) is 0 Å². The van der Waals surface area contributed by atoms with E-state index in [1.54, 1.807) is 0 Å². The van der Waals surface area contributed by atoms with Gasteiger partial charge in [0.15, 0.2) is 0 Å². The highest BCUT2D eigenvalue weighted by Gasteiger charge is 2.24. The number of hydrogen-bond acceptors (Lipinski definition) is 6. The molecule has 0 saturated carbocycles. The molecule has 96 valence electrons. The molecule has 0 aliphatic rings. The molecule has 1 aromatic rings. The molecular weight excluding hydrogens is 262 g/mol. The zero-order valence-corrected chi connectivity index (χ0v) is 10.1. The van der Waals surface area contributed by atoms with Crippen molar-refractivity contribution in [3.8, 4) is 0 Å². The number of esters is 1. The Hall–Kier alpha value is -2.09. The van der Waals surface area contributed by atoms with Gasteiger partial charge in [-0.3, -0.25) is 14.9 Å². The van der Waals surface area contributed by atoms with Gasteiger partial charge in [0.1, 0.15) is 5.56 Å². The third-order valence-electron chi connectivity index (χ3n) is 1.99. The van der Waals surface area contributed by atoms with Crippen molar-refractivity contribution in [2.45, 2.75) is 4.90 Å². The van der Waals surface area contributed by atoms with Gasteiger partial charge in [0.25, 0.3) is 5.69 Å². The van der Waals surface area contributed by atoms with Crippen LogP contribution in [-0.4, -0.2) is 34.8 Å². The Labute approximate surface area is 106 Å². The fourth-order valence-electron chi connectivity index (χ4n) is 1.20. The minimum absolute atomic E-state index is 0.116. The van der Waals surface area contributed by atoms with Crippen molar-refractivity contribution in [2.75, 3.05) is 12.9 Å². The average Bonchev–Trinajstić information content (AvgIpc) is 2.34. The minimum atomic E-state index is -1.39. The SMILES string of the molecule is COC(=O)CSc1cccc(C(=O)O)c1[N+](=O)[O-]. The van der Waals surface area contributed by atoms with Gasteiger partial charge >= 0.3 is 11.9 Å². The largest absolute Gasteiger partial charge is 0.477 e. The number of methoxy groups -OCH3 is 1. The Morgan fingerprint density at radius 3 is 2.67 bits per heavy atom. The second-order valence-electron chi connectivity index (χ2n) is 3.08. The van der Waals surface area contributed by atoms with E-state index >= 15 is 0 Å². The van der Waals surface area contributed by atoms with Crippen LogP contribution >= 0.6 is 11.8 Å². The van der Waals surface area contributed by atoms with Crippen molar-refractivity contribution in [1.29, 1.82) is 0 Å². The summed E-state index contributed by atoms with van der Waals surface area (Å²) in [4.78, 5) is 32.0. The van der Waals surface area contributed by atoms with E-state index in [2.05, 4.69) is 4.74 Å². The molecule has 0 fully saturated rings. The van der Waals surface area contributed by atoms with Gasteiger partial charge in [-0.1, -0.05) is 6.07 Å². The number of ether oxygens (including phenoxy) is 1. The summed E-state index contributed by atoms with van der Waals surface area (Å²) in [5, 5.41) is 19.7. The zero-order valence-electron chi connectivity index (χ0n) is 9.28. The fraction of sp³-hybridized carbons (Fsp3) is 0.200. The molecule has 0 radical (unpaired) electrons. The number of thioether (sulfide) groups is 1. The van der Waals surface area contributed by atoms with Gasteiger partial charge in [-0.15, -0.1) is 11.8 Å². The Morgan fingerprint density at radius 1 is 1.50 bits per heavy atom. The molecule has 0 spiro atoms. The molecule has 7 nitrogen and oxygen atoms in total. The maximum Gasteiger partial charge on any atom is 0.342 e. The number of nitro benzene ring substituents is 1. The molecule has 0 aliphatic carbocycles. The van der Waals surface area contributed by atoms with Crippen molar-refractivity contribution >= 4 is 29.4 Å². The molecule has 0 aliphatic heterocycles. The van der Waals surface area contributed by atoms with E-state index in [1.807, 2.05) is 0 Å². The van der Waals surface area contributed by atoms with Crippen molar-refractivity contribution in [1.82, 2.24) is 0 Å². The minimum Gasteiger partial charge on any atom is -0.477 e. The van der Waals surface area contributed by atoms with Crippen LogP contribution in [0.5, 0.6) is 0 Å². The molecule has 0 aromatic heterocycles. The van der Waals surface area contributed by atoms with E-state index in [1.165, 1.54) is 19.2 Å². The van der Waals surface area contributed by atoms with Gasteiger partial charge in [-0.05, 0) is 12.1 Å². The molecule has 1 rings (SSSR count). The van der Waals surface area contributed by atoms with E-state index in [9.17, 15) is 19.7 Å². The number of para-hydroxylation sites is 1. The lowest BCUT2D eigenvalue weighted by molar-refractivity contribution is -0.388. The van der Waals surface area contributed by atoms with Crippen molar-refractivity contribution in [3.63, 3.8) is 0 Å². The van der Waals surface area contributed by atoms with E-state index in [4.69, 9.17) is 5.11 Å². The Kier molecular flexibility index (Phi) is 4.67. The summed E-state index contributed by atoms with van der Waals surface area (Å²) >= 11 is 0.860. The summed E-state index contributed by atoms with van der Waals surface area (Å²) in [6.45, 7) is 0. The summed E-state index contributed by atoms with van der Waals surface area (Å²) in [6, 6.07) is 3.91. The van der Waals surface area contributed by atoms with Crippen LogP contribution in [0.1, 0.15) is 10.4 Å². The third-order valence-corrected chi connectivity index (χ3v) is 3.01. The first-order chi connectivity index (χ1) is 8.47. The van der Waals surface area contributed by atoms with Crippen LogP contribution in [-0.2, 0) is 9.53 Å². The smallest absolute Gasteiger partial charge is 0.342 e. The number of rotatable bonds is 5. The number of nitro groups is 1. The quantitative estimate of drug-likeness (QED) is 0.374. The van der Waals surface area contributed by atoms with E-state index in [-0.39, 0.29) is 10.6 Å². The average molecular weight is 271 g/mol. The highest BCUT2D eigenvalue weighted by Crippen LogP contribution is 2.32. The number of hydrogen-bond donors (Lipinski definition) is 1. The lowest BCUT2D eigenvalue weighted by atomic mass is 10.2. The molecule has 0 heterocycles. The number of carboxylic acids is 1. The molecule has 18 heavy (non-hydrogen) atoms. The lowest BCUT2D eigenvalue weighted by Gasteiger charge is -2.04. The Balaban J connectivity index is 3.11. The summed E-state index contributed by atoms with van der Waals surface area (Å²) in [6.07, 6.45) is 0. The maximum absolute atomic E-state index is 11.0. The van der Waals surface area contributed by atoms with Crippen LogP contribution in [0.25, 0.3) is 0 Å². The molecule has 0 atom stereocenters. The lowest BCUT2D eigenvalue weighted by Crippen LogP contribution is -2.06. The van der Waals surface area contributed by atoms with Crippen molar-refractivity contribution in [2.24, 2.45) is 0 Å². The zero-order chi connectivity index (χ0) is 13.7. The van der Waals surface area contributed by atoms with Gasteiger partial charge in [0.2, 0.25) is 0 Å². The van der Waals surface area contributed by atoms with Gasteiger partial charge in [-0.25, -0.2) is 4.79 Å². The maximum atomic E-state index is 11.0. The first-order valence-electron chi connectivity index (χ1n) is 4.67. The first kappa shape index (κ1) is 14.0. The first-order valence-corrected chi connectivity index (χ1v) is 5.66. The molecule has 0 unspecified atom stereocenters. The third kappa shape index (κ3) is 3.20. The molecule has 0 saturated heterocycles. The van der Waals surface area contributed by atoms with E-state index < -0.39 is 28.1 Å². The second-order valence-corrected chi connectivity index (χ2v) is 4.10. The standard InChI is InChI=1S/C10H9NO6S/c1-17-8(12)5-18-7-4-2-3-6(10(13)14)9(7)11(15)16/h2-4H,5H2,1H3,(H,13,14). The van der Waals surface area contributed by atoms with Crippen molar-refractivity contribution < 1.29 is 24.4 Å². The number of carboxylic acid groups (broad SMARTS) is 1. The van der Waals surface area contributed by atoms with Crippen LogP contribution in [0.2, 0.25) is 0 Å². The van der Waals surface area contributed by atoms with Gasteiger partial charge in [0.05, 0.1) is 22.7 Å². The molecule has 1 N–H and O–H groups in total. The highest BCUT2D eigenvalue weighted by molar-refractivity contribution is 8.00. The van der Waals surface area contributed by atoms with Gasteiger partial charge < -0.3 is 9.84 Å². The van der Waals surface area contributed by atoms with Crippen LogP contribution in [0, 0.1) is 10.1 Å². The van der Waals surface area contributed by atoms with E-state index in [0.717, 1.165) is 17.8 Å². The summed E-state index contributed by atoms with van der Waals surface area (Å²) < 4.78 is 4.40. The predicted octanol–water partition coefficient (Wildman–Crippen LogP) is 1.56. The van der Waals surface area contributed by atoms with Crippen LogP contribution < -0.4 is 0 Å². The Bertz CT molecular complexity index is 501. The molecular formula is C10H9NO6S. The topological polar surface area (TPSA) is 107 Å². The number of nitrogens with zero attached hydrogens (tertiary/aromatic N) is 1. The number of aromatic carboxylic acids is 1. The Morgan fingerprint density at radius 2 is 2.17 bits per heavy atom. The molecule has 8 heteroatoms. The number of benzene rings is 1. The van der Waals surface area contributed by atoms with Crippen LogP contribution in [0.3, 0.4) is 0 Å². The van der Waals surface area contributed by atoms with Gasteiger partial charge in [0, 0.05) is 0 Å². The van der Waals surface area contributed by atoms with Crippen molar-refractivity contribution in [3.05, 3.63) is 33.9 Å². The summed E-state index contributed by atoms with van der Waals surface area (Å²) in [5.74, 6) is -2.06. The molecule has 1 aromatic carbocycles. The summed E-state index contributed by atoms with van der Waals surface area (Å²) in [5.41, 5.74) is -0.922. The van der Waals surface area contributed by atoms with Crippen LogP contribution in [0.4, 0.5) is 5.69 Å². The summed E-state index contributed by atoms with van der Waals surface area (Å²) in [7, 11) is 1.20. The van der Waals surface area contributed by atoms with Crippen LogP contribution in [0.15, 0.2) is 23.1 Å². The monoisotopic (exact) mass is 271 g/mol. The molecule has 0 amide bonds.